The van der Waals surface area contributed by atoms with Crippen LogP contribution < -0.4 is 5.73 Å². The molecule has 0 radical (unpaired) electrons. The van der Waals surface area contributed by atoms with Crippen LogP contribution in [0, 0.1) is 6.92 Å². The van der Waals surface area contributed by atoms with Crippen LogP contribution in [0.3, 0.4) is 0 Å². The van der Waals surface area contributed by atoms with E-state index in [0.29, 0.717) is 6.42 Å². The number of hydrogen-bond donors (Lipinski definition) is 1. The molecule has 1 aliphatic rings. The van der Waals surface area contributed by atoms with E-state index in [1.807, 2.05) is 4.90 Å². The van der Waals surface area contributed by atoms with E-state index < -0.39 is 0 Å². The maximum absolute atomic E-state index is 12.3. The quantitative estimate of drug-likeness (QED) is 0.828. The summed E-state index contributed by atoms with van der Waals surface area (Å²) in [4.78, 5) is 14.3. The molecule has 1 atom stereocenters. The minimum absolute atomic E-state index is 0.199. The number of nitrogens with zero attached hydrogens (tertiary/aromatic N) is 2. The highest BCUT2D eigenvalue weighted by Gasteiger charge is 2.27. The fourth-order valence-electron chi connectivity index (χ4n) is 2.90. The predicted octanol–water partition coefficient (Wildman–Crippen LogP) is 2.22. The van der Waals surface area contributed by atoms with Crippen LogP contribution in [-0.2, 0) is 11.3 Å². The van der Waals surface area contributed by atoms with Gasteiger partial charge in [0.1, 0.15) is 0 Å². The number of amides is 1. The first-order valence-corrected chi connectivity index (χ1v) is 7.30. The van der Waals surface area contributed by atoms with Gasteiger partial charge in [0.15, 0.2) is 0 Å². The highest BCUT2D eigenvalue weighted by molar-refractivity contribution is 5.76. The molecule has 19 heavy (non-hydrogen) atoms. The van der Waals surface area contributed by atoms with Crippen molar-refractivity contribution < 1.29 is 4.79 Å². The highest BCUT2D eigenvalue weighted by Crippen LogP contribution is 2.27. The summed E-state index contributed by atoms with van der Waals surface area (Å²) >= 11 is 0. The molecule has 1 aliphatic heterocycles. The molecule has 1 aromatic heterocycles. The highest BCUT2D eigenvalue weighted by atomic mass is 16.2. The number of carbonyl (C=O) groups is 1. The Labute approximate surface area is 115 Å². The van der Waals surface area contributed by atoms with Gasteiger partial charge < -0.3 is 15.2 Å². The fraction of sp³-hybridized carbons (Fsp3) is 0.667. The zero-order chi connectivity index (χ0) is 13.8. The molecular weight excluding hydrogens is 238 g/mol. The summed E-state index contributed by atoms with van der Waals surface area (Å²) < 4.78 is 2.32. The van der Waals surface area contributed by atoms with Gasteiger partial charge in [-0.1, -0.05) is 6.42 Å². The summed E-state index contributed by atoms with van der Waals surface area (Å²) in [6, 6.07) is 4.49. The molecule has 0 fully saturated rings. The van der Waals surface area contributed by atoms with E-state index in [1.54, 1.807) is 0 Å². The van der Waals surface area contributed by atoms with Gasteiger partial charge in [-0.2, -0.15) is 0 Å². The van der Waals surface area contributed by atoms with E-state index in [-0.39, 0.29) is 11.9 Å². The van der Waals surface area contributed by atoms with Gasteiger partial charge in [-0.25, -0.2) is 0 Å². The molecule has 0 spiro atoms. The maximum atomic E-state index is 12.3. The fourth-order valence-corrected chi connectivity index (χ4v) is 2.90. The van der Waals surface area contributed by atoms with Crippen molar-refractivity contribution in [2.45, 2.75) is 52.1 Å². The zero-order valence-electron chi connectivity index (χ0n) is 12.1. The minimum atomic E-state index is 0.199. The van der Waals surface area contributed by atoms with Gasteiger partial charge in [0, 0.05) is 30.9 Å². The number of nitrogens with two attached hydrogens (primary N) is 1. The van der Waals surface area contributed by atoms with Crippen LogP contribution in [-0.4, -0.2) is 28.5 Å². The molecule has 0 saturated carbocycles. The van der Waals surface area contributed by atoms with Crippen LogP contribution >= 0.6 is 0 Å². The van der Waals surface area contributed by atoms with E-state index in [1.165, 1.54) is 11.4 Å². The SMILES string of the molecule is Cc1ccc2n1CCN(C(=O)CCCCCN)C2C. The molecule has 0 aliphatic carbocycles. The zero-order valence-corrected chi connectivity index (χ0v) is 12.1. The number of rotatable bonds is 5. The van der Waals surface area contributed by atoms with E-state index in [9.17, 15) is 4.79 Å². The molecule has 1 unspecified atom stereocenters. The first-order valence-electron chi connectivity index (χ1n) is 7.30. The summed E-state index contributed by atoms with van der Waals surface area (Å²) in [5, 5.41) is 0. The molecule has 0 bridgehead atoms. The van der Waals surface area contributed by atoms with Crippen LogP contribution in [0.15, 0.2) is 12.1 Å². The number of aromatic nitrogens is 1. The molecule has 0 aromatic carbocycles. The molecular formula is C15H25N3O. The molecule has 4 heteroatoms. The van der Waals surface area contributed by atoms with Crippen molar-refractivity contribution in [1.29, 1.82) is 0 Å². The third kappa shape index (κ3) is 3.00. The molecule has 2 heterocycles. The third-order valence-corrected chi connectivity index (χ3v) is 4.11. The predicted molar refractivity (Wildman–Crippen MR) is 76.8 cm³/mol. The van der Waals surface area contributed by atoms with Crippen molar-refractivity contribution in [1.82, 2.24) is 9.47 Å². The van der Waals surface area contributed by atoms with Gasteiger partial charge in [-0.3, -0.25) is 4.79 Å². The monoisotopic (exact) mass is 263 g/mol. The van der Waals surface area contributed by atoms with Gasteiger partial charge in [0.2, 0.25) is 5.91 Å². The van der Waals surface area contributed by atoms with E-state index in [4.69, 9.17) is 5.73 Å². The number of hydrogen-bond acceptors (Lipinski definition) is 2. The Morgan fingerprint density at radius 2 is 2.11 bits per heavy atom. The Morgan fingerprint density at radius 1 is 1.32 bits per heavy atom. The van der Waals surface area contributed by atoms with Gasteiger partial charge in [-0.05, 0) is 45.4 Å². The van der Waals surface area contributed by atoms with E-state index in [2.05, 4.69) is 30.5 Å². The molecule has 0 saturated heterocycles. The number of aryl methyl sites for hydroxylation is 1. The summed E-state index contributed by atoms with van der Waals surface area (Å²) in [6.07, 6.45) is 3.69. The Kier molecular flexibility index (Phi) is 4.64. The summed E-state index contributed by atoms with van der Waals surface area (Å²) in [5.41, 5.74) is 8.02. The smallest absolute Gasteiger partial charge is 0.223 e. The van der Waals surface area contributed by atoms with Crippen LogP contribution in [0.2, 0.25) is 0 Å². The summed E-state index contributed by atoms with van der Waals surface area (Å²) in [7, 11) is 0. The normalized spacial score (nSPS) is 18.5. The second-order valence-electron chi connectivity index (χ2n) is 5.41. The van der Waals surface area contributed by atoms with Crippen LogP contribution in [0.25, 0.3) is 0 Å². The molecule has 2 rings (SSSR count). The number of fused-ring (bicyclic) bond motifs is 1. The summed E-state index contributed by atoms with van der Waals surface area (Å²) in [6.45, 7) is 6.73. The third-order valence-electron chi connectivity index (χ3n) is 4.11. The number of unbranched alkanes of at least 4 members (excludes halogenated alkanes) is 2. The van der Waals surface area contributed by atoms with E-state index in [0.717, 1.165) is 38.9 Å². The first-order chi connectivity index (χ1) is 9.15. The van der Waals surface area contributed by atoms with Gasteiger partial charge in [0.25, 0.3) is 0 Å². The summed E-state index contributed by atoms with van der Waals surface area (Å²) in [5.74, 6) is 0.287. The van der Waals surface area contributed by atoms with Crippen molar-refractivity contribution in [3.05, 3.63) is 23.5 Å². The standard InChI is InChI=1S/C15H25N3O/c1-12-7-8-14-13(2)18(11-10-17(12)14)15(19)6-4-3-5-9-16/h7-8,13H,3-6,9-11,16H2,1-2H3. The molecule has 1 aromatic rings. The molecule has 106 valence electrons. The van der Waals surface area contributed by atoms with Crippen molar-refractivity contribution in [2.24, 2.45) is 5.73 Å². The Hall–Kier alpha value is -1.29. The van der Waals surface area contributed by atoms with Crippen molar-refractivity contribution in [3.8, 4) is 0 Å². The maximum Gasteiger partial charge on any atom is 0.223 e. The second-order valence-corrected chi connectivity index (χ2v) is 5.41. The second kappa shape index (κ2) is 6.24. The molecule has 2 N–H and O–H groups in total. The van der Waals surface area contributed by atoms with Gasteiger partial charge in [-0.15, -0.1) is 0 Å². The lowest BCUT2D eigenvalue weighted by molar-refractivity contribution is -0.134. The molecule has 1 amide bonds. The van der Waals surface area contributed by atoms with Gasteiger partial charge in [0.05, 0.1) is 6.04 Å². The van der Waals surface area contributed by atoms with Crippen LogP contribution in [0.1, 0.15) is 50.0 Å². The number of carbonyl (C=O) groups excluding carboxylic acids is 1. The average Bonchev–Trinajstić information content (AvgIpc) is 2.78. The van der Waals surface area contributed by atoms with E-state index >= 15 is 0 Å². The Balaban J connectivity index is 1.94. The average molecular weight is 263 g/mol. The van der Waals surface area contributed by atoms with Crippen LogP contribution in [0.4, 0.5) is 0 Å². The lowest BCUT2D eigenvalue weighted by Crippen LogP contribution is -2.40. The first kappa shape index (κ1) is 14.1. The van der Waals surface area contributed by atoms with Crippen molar-refractivity contribution in [2.75, 3.05) is 13.1 Å². The van der Waals surface area contributed by atoms with Crippen molar-refractivity contribution >= 4 is 5.91 Å². The Morgan fingerprint density at radius 3 is 2.84 bits per heavy atom. The largest absolute Gasteiger partial charge is 0.345 e. The topological polar surface area (TPSA) is 51.3 Å². The Bertz CT molecular complexity index is 439. The molecule has 4 nitrogen and oxygen atoms in total. The van der Waals surface area contributed by atoms with Gasteiger partial charge >= 0.3 is 0 Å². The minimum Gasteiger partial charge on any atom is -0.345 e. The van der Waals surface area contributed by atoms with Crippen molar-refractivity contribution in [3.63, 3.8) is 0 Å². The van der Waals surface area contributed by atoms with Crippen LogP contribution in [0.5, 0.6) is 0 Å². The lowest BCUT2D eigenvalue weighted by Gasteiger charge is -2.35. The lowest BCUT2D eigenvalue weighted by atomic mass is 10.1.